The molecule has 0 bridgehead atoms. The van der Waals surface area contributed by atoms with E-state index in [2.05, 4.69) is 30.3 Å². The van der Waals surface area contributed by atoms with Crippen LogP contribution in [0, 0.1) is 0 Å². The van der Waals surface area contributed by atoms with Crippen molar-refractivity contribution >= 4 is 28.5 Å². The molecule has 0 spiro atoms. The van der Waals surface area contributed by atoms with Crippen molar-refractivity contribution < 1.29 is 9.90 Å². The molecule has 2 aromatic carbocycles. The van der Waals surface area contributed by atoms with Gasteiger partial charge in [-0.2, -0.15) is 0 Å². The second-order valence-corrected chi connectivity index (χ2v) is 8.36. The molecular formula is C22H19NO3S. The van der Waals surface area contributed by atoms with Crippen LogP contribution in [-0.2, 0) is 11.2 Å². The summed E-state index contributed by atoms with van der Waals surface area (Å²) in [6.45, 7) is 0. The van der Waals surface area contributed by atoms with E-state index >= 15 is 0 Å². The maximum atomic E-state index is 12.8. The van der Waals surface area contributed by atoms with Crippen LogP contribution in [0.1, 0.15) is 41.5 Å². The standard InChI is InChI=1S/C22H19NO3S/c24-19-11-16(10-15-6-3-5-13-4-1-2-7-17(13)15)20(14-8-9-14)21-23(19)18(12-27-21)22(25)26/h1-7,11,14,18H,8-10,12H2,(H,25,26)/t18-/m1/s1. The van der Waals surface area contributed by atoms with Gasteiger partial charge in [0, 0.05) is 11.8 Å². The number of benzene rings is 2. The number of carbonyl (C=O) groups is 1. The van der Waals surface area contributed by atoms with Crippen LogP contribution in [-0.4, -0.2) is 21.4 Å². The smallest absolute Gasteiger partial charge is 0.327 e. The predicted molar refractivity (Wildman–Crippen MR) is 107 cm³/mol. The summed E-state index contributed by atoms with van der Waals surface area (Å²) in [4.78, 5) is 24.3. The van der Waals surface area contributed by atoms with Crippen molar-refractivity contribution in [2.75, 3.05) is 5.75 Å². The Morgan fingerprint density at radius 1 is 1.11 bits per heavy atom. The van der Waals surface area contributed by atoms with E-state index in [-0.39, 0.29) is 5.56 Å². The second kappa shape index (κ2) is 6.27. The molecule has 0 amide bonds. The number of aliphatic carboxylic acids is 1. The molecule has 1 N–H and O–H groups in total. The fraction of sp³-hybridized carbons (Fsp3) is 0.273. The fourth-order valence-corrected chi connectivity index (χ4v) is 5.54. The first-order valence-corrected chi connectivity index (χ1v) is 10.2. The topological polar surface area (TPSA) is 59.3 Å². The number of fused-ring (bicyclic) bond motifs is 2. The van der Waals surface area contributed by atoms with Crippen LogP contribution >= 0.6 is 11.8 Å². The van der Waals surface area contributed by atoms with E-state index in [1.54, 1.807) is 6.07 Å². The first kappa shape index (κ1) is 16.6. The maximum Gasteiger partial charge on any atom is 0.327 e. The van der Waals surface area contributed by atoms with Gasteiger partial charge in [-0.25, -0.2) is 4.79 Å². The Morgan fingerprint density at radius 3 is 2.67 bits per heavy atom. The number of pyridine rings is 1. The predicted octanol–water partition coefficient (Wildman–Crippen LogP) is 4.20. The average Bonchev–Trinajstić information content (AvgIpc) is 3.39. The third kappa shape index (κ3) is 2.77. The normalized spacial score (nSPS) is 18.6. The van der Waals surface area contributed by atoms with E-state index in [0.29, 0.717) is 18.1 Å². The monoisotopic (exact) mass is 377 g/mol. The largest absolute Gasteiger partial charge is 0.480 e. The van der Waals surface area contributed by atoms with Crippen molar-refractivity contribution in [1.82, 2.24) is 4.57 Å². The molecule has 5 rings (SSSR count). The Balaban J connectivity index is 1.66. The number of nitrogens with zero attached hydrogens (tertiary/aromatic N) is 1. The Morgan fingerprint density at radius 2 is 1.89 bits per heavy atom. The van der Waals surface area contributed by atoms with Crippen molar-refractivity contribution in [3.05, 3.63) is 75.6 Å². The lowest BCUT2D eigenvalue weighted by Crippen LogP contribution is -2.29. The van der Waals surface area contributed by atoms with E-state index in [1.165, 1.54) is 38.2 Å². The summed E-state index contributed by atoms with van der Waals surface area (Å²) in [6, 6.07) is 15.5. The van der Waals surface area contributed by atoms with Crippen LogP contribution < -0.4 is 5.56 Å². The number of carboxylic acids is 1. The van der Waals surface area contributed by atoms with Crippen LogP contribution in [0.2, 0.25) is 0 Å². The molecule has 2 heterocycles. The van der Waals surface area contributed by atoms with Gasteiger partial charge in [-0.05, 0) is 52.6 Å². The number of thioether (sulfide) groups is 1. The molecule has 2 aliphatic rings. The summed E-state index contributed by atoms with van der Waals surface area (Å²) in [6.07, 6.45) is 2.94. The Labute approximate surface area is 160 Å². The van der Waals surface area contributed by atoms with Gasteiger partial charge in [-0.15, -0.1) is 11.8 Å². The lowest BCUT2D eigenvalue weighted by molar-refractivity contribution is -0.140. The average molecular weight is 377 g/mol. The summed E-state index contributed by atoms with van der Waals surface area (Å²) < 4.78 is 1.51. The van der Waals surface area contributed by atoms with Crippen molar-refractivity contribution in [1.29, 1.82) is 0 Å². The van der Waals surface area contributed by atoms with Gasteiger partial charge >= 0.3 is 5.97 Å². The number of carboxylic acid groups (broad SMARTS) is 1. The van der Waals surface area contributed by atoms with Crippen LogP contribution in [0.25, 0.3) is 10.8 Å². The molecule has 0 unspecified atom stereocenters. The molecule has 0 radical (unpaired) electrons. The summed E-state index contributed by atoms with van der Waals surface area (Å²) >= 11 is 1.52. The number of aromatic nitrogens is 1. The van der Waals surface area contributed by atoms with E-state index in [0.717, 1.165) is 23.4 Å². The first-order chi connectivity index (χ1) is 13.1. The van der Waals surface area contributed by atoms with Crippen molar-refractivity contribution in [3.8, 4) is 0 Å². The third-order valence-corrected chi connectivity index (χ3v) is 6.72. The zero-order valence-corrected chi connectivity index (χ0v) is 15.5. The second-order valence-electron chi connectivity index (χ2n) is 7.35. The quantitative estimate of drug-likeness (QED) is 0.740. The zero-order chi connectivity index (χ0) is 18.5. The van der Waals surface area contributed by atoms with Gasteiger partial charge in [0.2, 0.25) is 0 Å². The van der Waals surface area contributed by atoms with Gasteiger partial charge in [-0.3, -0.25) is 9.36 Å². The minimum atomic E-state index is -0.924. The molecule has 1 aromatic heterocycles. The van der Waals surface area contributed by atoms with Gasteiger partial charge in [0.1, 0.15) is 6.04 Å². The highest BCUT2D eigenvalue weighted by molar-refractivity contribution is 7.99. The molecule has 0 saturated heterocycles. The van der Waals surface area contributed by atoms with Gasteiger partial charge in [-0.1, -0.05) is 42.5 Å². The fourth-order valence-electron chi connectivity index (χ4n) is 4.13. The van der Waals surface area contributed by atoms with Crippen molar-refractivity contribution in [2.24, 2.45) is 0 Å². The Bertz CT molecular complexity index is 1120. The van der Waals surface area contributed by atoms with E-state index in [9.17, 15) is 14.7 Å². The zero-order valence-electron chi connectivity index (χ0n) is 14.7. The molecule has 136 valence electrons. The van der Waals surface area contributed by atoms with Gasteiger partial charge in [0.15, 0.2) is 0 Å². The highest BCUT2D eigenvalue weighted by atomic mass is 32.2. The molecule has 5 heteroatoms. The lowest BCUT2D eigenvalue weighted by atomic mass is 9.95. The molecule has 1 atom stereocenters. The molecule has 3 aromatic rings. The molecular weight excluding hydrogens is 358 g/mol. The SMILES string of the molecule is O=C(O)[C@H]1CSc2c(C3CC3)c(Cc3cccc4ccccc34)cc(=O)n21. The molecule has 1 aliphatic carbocycles. The minimum Gasteiger partial charge on any atom is -0.480 e. The first-order valence-electron chi connectivity index (χ1n) is 9.24. The number of hydrogen-bond donors (Lipinski definition) is 1. The molecule has 1 fully saturated rings. The summed E-state index contributed by atoms with van der Waals surface area (Å²) in [5.74, 6) is -0.0362. The van der Waals surface area contributed by atoms with Crippen molar-refractivity contribution in [3.63, 3.8) is 0 Å². The van der Waals surface area contributed by atoms with Gasteiger partial charge in [0.05, 0.1) is 5.03 Å². The maximum absolute atomic E-state index is 12.8. The molecule has 1 saturated carbocycles. The van der Waals surface area contributed by atoms with Crippen molar-refractivity contribution in [2.45, 2.75) is 36.2 Å². The number of hydrogen-bond acceptors (Lipinski definition) is 3. The summed E-state index contributed by atoms with van der Waals surface area (Å²) in [5, 5.41) is 12.8. The van der Waals surface area contributed by atoms with Crippen LogP contribution in [0.15, 0.2) is 58.4 Å². The summed E-state index contributed by atoms with van der Waals surface area (Å²) in [5.41, 5.74) is 3.28. The van der Waals surface area contributed by atoms with Crippen LogP contribution in [0.3, 0.4) is 0 Å². The third-order valence-electron chi connectivity index (χ3n) is 5.55. The van der Waals surface area contributed by atoms with Gasteiger partial charge < -0.3 is 5.11 Å². The van der Waals surface area contributed by atoms with Crippen LogP contribution in [0.4, 0.5) is 0 Å². The highest BCUT2D eigenvalue weighted by Crippen LogP contribution is 2.48. The van der Waals surface area contributed by atoms with E-state index in [4.69, 9.17) is 0 Å². The summed E-state index contributed by atoms with van der Waals surface area (Å²) in [7, 11) is 0. The minimum absolute atomic E-state index is 0.193. The molecule has 1 aliphatic heterocycles. The Hall–Kier alpha value is -2.53. The van der Waals surface area contributed by atoms with Crippen LogP contribution in [0.5, 0.6) is 0 Å². The van der Waals surface area contributed by atoms with E-state index in [1.807, 2.05) is 12.1 Å². The number of rotatable bonds is 4. The highest BCUT2D eigenvalue weighted by Gasteiger charge is 2.37. The molecule has 4 nitrogen and oxygen atoms in total. The Kier molecular flexibility index (Phi) is 3.86. The lowest BCUT2D eigenvalue weighted by Gasteiger charge is -2.17. The van der Waals surface area contributed by atoms with Gasteiger partial charge in [0.25, 0.3) is 5.56 Å². The molecule has 27 heavy (non-hydrogen) atoms. The van der Waals surface area contributed by atoms with E-state index < -0.39 is 12.0 Å².